The van der Waals surface area contributed by atoms with Crippen LogP contribution in [0, 0.1) is 12.3 Å². The first-order valence-corrected chi connectivity index (χ1v) is 4.89. The number of rotatable bonds is 5. The standard InChI is InChI=1S/C12H15F2/c1-2-6-11(12(13)14)9-10-7-4-3-5-8-10/h3-8,11-12H,2,9H2,1H3. The smallest absolute Gasteiger partial charge is 0.210 e. The fraction of sp³-hybridized carbons (Fsp3) is 0.417. The highest BCUT2D eigenvalue weighted by molar-refractivity contribution is 5.16. The largest absolute Gasteiger partial charge is 0.242 e. The van der Waals surface area contributed by atoms with E-state index >= 15 is 0 Å². The van der Waals surface area contributed by atoms with Crippen molar-refractivity contribution in [3.05, 3.63) is 42.3 Å². The summed E-state index contributed by atoms with van der Waals surface area (Å²) in [5, 5.41) is 0. The average molecular weight is 197 g/mol. The molecule has 0 nitrogen and oxygen atoms in total. The maximum absolute atomic E-state index is 12.5. The van der Waals surface area contributed by atoms with Gasteiger partial charge in [0.25, 0.3) is 0 Å². The molecule has 2 heteroatoms. The van der Waals surface area contributed by atoms with Crippen LogP contribution in [-0.4, -0.2) is 6.43 Å². The molecule has 1 rings (SSSR count). The molecule has 14 heavy (non-hydrogen) atoms. The molecule has 0 heterocycles. The Bertz CT molecular complexity index is 244. The molecule has 1 unspecified atom stereocenters. The van der Waals surface area contributed by atoms with Gasteiger partial charge in [-0.05, 0) is 18.4 Å². The van der Waals surface area contributed by atoms with Crippen molar-refractivity contribution in [2.75, 3.05) is 0 Å². The highest BCUT2D eigenvalue weighted by atomic mass is 19.3. The Hall–Kier alpha value is -0.920. The van der Waals surface area contributed by atoms with E-state index in [1.54, 1.807) is 6.42 Å². The molecule has 0 bridgehead atoms. The fourth-order valence-corrected chi connectivity index (χ4v) is 1.46. The lowest BCUT2D eigenvalue weighted by Crippen LogP contribution is -2.14. The zero-order valence-corrected chi connectivity index (χ0v) is 8.29. The van der Waals surface area contributed by atoms with Crippen LogP contribution < -0.4 is 0 Å². The summed E-state index contributed by atoms with van der Waals surface area (Å²) >= 11 is 0. The first-order valence-electron chi connectivity index (χ1n) is 4.89. The van der Waals surface area contributed by atoms with Gasteiger partial charge in [0.2, 0.25) is 6.43 Å². The molecule has 0 spiro atoms. The minimum Gasteiger partial charge on any atom is -0.210 e. The molecular weight excluding hydrogens is 182 g/mol. The van der Waals surface area contributed by atoms with Crippen molar-refractivity contribution in [2.24, 2.45) is 5.92 Å². The number of benzene rings is 1. The van der Waals surface area contributed by atoms with Gasteiger partial charge in [0, 0.05) is 5.92 Å². The van der Waals surface area contributed by atoms with E-state index in [2.05, 4.69) is 0 Å². The minimum absolute atomic E-state index is 0.437. The molecule has 1 atom stereocenters. The van der Waals surface area contributed by atoms with Gasteiger partial charge in [0.15, 0.2) is 0 Å². The van der Waals surface area contributed by atoms with Gasteiger partial charge in [0.05, 0.1) is 0 Å². The van der Waals surface area contributed by atoms with Gasteiger partial charge in [-0.25, -0.2) is 8.78 Å². The van der Waals surface area contributed by atoms with E-state index in [0.29, 0.717) is 12.8 Å². The number of alkyl halides is 2. The zero-order valence-electron chi connectivity index (χ0n) is 8.29. The maximum atomic E-state index is 12.5. The van der Waals surface area contributed by atoms with Crippen LogP contribution in [0.5, 0.6) is 0 Å². The van der Waals surface area contributed by atoms with Crippen LogP contribution in [0.25, 0.3) is 0 Å². The highest BCUT2D eigenvalue weighted by Gasteiger charge is 2.19. The minimum atomic E-state index is -2.25. The van der Waals surface area contributed by atoms with E-state index < -0.39 is 12.3 Å². The van der Waals surface area contributed by atoms with Crippen molar-refractivity contribution in [3.8, 4) is 0 Å². The number of halogens is 2. The van der Waals surface area contributed by atoms with Crippen molar-refractivity contribution >= 4 is 0 Å². The molecular formula is C12H15F2. The van der Waals surface area contributed by atoms with Gasteiger partial charge in [-0.2, -0.15) is 0 Å². The summed E-state index contributed by atoms with van der Waals surface area (Å²) in [6.07, 6.45) is 0.571. The lowest BCUT2D eigenvalue weighted by atomic mass is 9.95. The van der Waals surface area contributed by atoms with Gasteiger partial charge in [-0.15, -0.1) is 0 Å². The van der Waals surface area contributed by atoms with Crippen molar-refractivity contribution in [1.29, 1.82) is 0 Å². The van der Waals surface area contributed by atoms with Crippen molar-refractivity contribution in [2.45, 2.75) is 26.2 Å². The normalized spacial score (nSPS) is 13.1. The Morgan fingerprint density at radius 1 is 1.21 bits per heavy atom. The van der Waals surface area contributed by atoms with Gasteiger partial charge >= 0.3 is 0 Å². The topological polar surface area (TPSA) is 0 Å². The summed E-state index contributed by atoms with van der Waals surface area (Å²) in [6.45, 7) is 1.89. The molecule has 77 valence electrons. The molecule has 0 amide bonds. The molecule has 0 aliphatic rings. The Kier molecular flexibility index (Phi) is 4.57. The third-order valence-electron chi connectivity index (χ3n) is 2.18. The third kappa shape index (κ3) is 3.44. The predicted molar refractivity (Wildman–Crippen MR) is 54.2 cm³/mol. The van der Waals surface area contributed by atoms with E-state index in [-0.39, 0.29) is 0 Å². The summed E-state index contributed by atoms with van der Waals surface area (Å²) < 4.78 is 25.1. The van der Waals surface area contributed by atoms with Crippen LogP contribution in [0.4, 0.5) is 8.78 Å². The molecule has 1 aromatic carbocycles. The first kappa shape index (κ1) is 11.2. The second-order valence-corrected chi connectivity index (χ2v) is 3.33. The second-order valence-electron chi connectivity index (χ2n) is 3.33. The van der Waals surface area contributed by atoms with Crippen LogP contribution in [0.3, 0.4) is 0 Å². The van der Waals surface area contributed by atoms with E-state index in [4.69, 9.17) is 0 Å². The van der Waals surface area contributed by atoms with Gasteiger partial charge in [0.1, 0.15) is 0 Å². The summed E-state index contributed by atoms with van der Waals surface area (Å²) in [5.41, 5.74) is 0.975. The molecule has 0 saturated heterocycles. The van der Waals surface area contributed by atoms with Crippen LogP contribution in [0.2, 0.25) is 0 Å². The molecule has 0 saturated carbocycles. The summed E-state index contributed by atoms with van der Waals surface area (Å²) in [7, 11) is 0. The van der Waals surface area contributed by atoms with Crippen LogP contribution in [0.15, 0.2) is 30.3 Å². The van der Waals surface area contributed by atoms with Gasteiger partial charge in [-0.1, -0.05) is 43.7 Å². The SMILES string of the molecule is CC[CH]C(Cc1ccccc1)C(F)F. The lowest BCUT2D eigenvalue weighted by molar-refractivity contribution is 0.0915. The Balaban J connectivity index is 2.55. The second kappa shape index (κ2) is 5.74. The highest BCUT2D eigenvalue weighted by Crippen LogP contribution is 2.20. The average Bonchev–Trinajstić information content (AvgIpc) is 2.18. The Morgan fingerprint density at radius 3 is 2.36 bits per heavy atom. The number of hydrogen-bond acceptors (Lipinski definition) is 0. The molecule has 0 aliphatic carbocycles. The molecule has 0 aliphatic heterocycles. The maximum Gasteiger partial charge on any atom is 0.242 e. The van der Waals surface area contributed by atoms with Crippen molar-refractivity contribution in [3.63, 3.8) is 0 Å². The quantitative estimate of drug-likeness (QED) is 0.674. The van der Waals surface area contributed by atoms with E-state index in [1.807, 2.05) is 37.3 Å². The number of hydrogen-bond donors (Lipinski definition) is 0. The monoisotopic (exact) mass is 197 g/mol. The summed E-state index contributed by atoms with van der Waals surface area (Å²) in [5.74, 6) is -0.609. The fourth-order valence-electron chi connectivity index (χ4n) is 1.46. The van der Waals surface area contributed by atoms with Crippen LogP contribution >= 0.6 is 0 Å². The lowest BCUT2D eigenvalue weighted by Gasteiger charge is -2.14. The van der Waals surface area contributed by atoms with Crippen LogP contribution in [-0.2, 0) is 6.42 Å². The van der Waals surface area contributed by atoms with Gasteiger partial charge in [-0.3, -0.25) is 0 Å². The third-order valence-corrected chi connectivity index (χ3v) is 2.18. The van der Waals surface area contributed by atoms with E-state index in [0.717, 1.165) is 5.56 Å². The molecule has 1 aromatic rings. The molecule has 1 radical (unpaired) electrons. The summed E-state index contributed by atoms with van der Waals surface area (Å²) in [4.78, 5) is 0. The van der Waals surface area contributed by atoms with Crippen molar-refractivity contribution < 1.29 is 8.78 Å². The predicted octanol–water partition coefficient (Wildman–Crippen LogP) is 3.72. The van der Waals surface area contributed by atoms with Crippen LogP contribution in [0.1, 0.15) is 18.9 Å². The Morgan fingerprint density at radius 2 is 1.86 bits per heavy atom. The van der Waals surface area contributed by atoms with Gasteiger partial charge < -0.3 is 0 Å². The zero-order chi connectivity index (χ0) is 10.4. The Labute approximate surface area is 84.0 Å². The molecule has 0 fully saturated rings. The molecule has 0 aromatic heterocycles. The first-order chi connectivity index (χ1) is 6.74. The molecule has 0 N–H and O–H groups in total. The van der Waals surface area contributed by atoms with Crippen molar-refractivity contribution in [1.82, 2.24) is 0 Å². The summed E-state index contributed by atoms with van der Waals surface area (Å²) in [6, 6.07) is 9.43. The van der Waals surface area contributed by atoms with E-state index in [9.17, 15) is 8.78 Å². The van der Waals surface area contributed by atoms with E-state index in [1.165, 1.54) is 0 Å².